The van der Waals surface area contributed by atoms with Gasteiger partial charge in [-0.05, 0) is 86.7 Å². The lowest BCUT2D eigenvalue weighted by atomic mass is 9.64. The first kappa shape index (κ1) is 31.2. The first-order chi connectivity index (χ1) is 22.0. The number of carboxylic acids is 1. The fraction of sp³-hybridized carbons (Fsp3) is 0.262. The zero-order chi connectivity index (χ0) is 32.8. The minimum absolute atomic E-state index is 0.0174. The normalized spacial score (nSPS) is 15.9. The van der Waals surface area contributed by atoms with Crippen LogP contribution in [0.2, 0.25) is 0 Å². The van der Waals surface area contributed by atoms with E-state index in [4.69, 9.17) is 14.6 Å². The summed E-state index contributed by atoms with van der Waals surface area (Å²) in [5.41, 5.74) is 9.74. The minimum Gasteiger partial charge on any atom is -0.493 e. The van der Waals surface area contributed by atoms with Crippen molar-refractivity contribution in [2.75, 3.05) is 14.2 Å². The van der Waals surface area contributed by atoms with Crippen LogP contribution in [0.4, 0.5) is 0 Å². The summed E-state index contributed by atoms with van der Waals surface area (Å²) in [5.74, 6) is 0.790. The second-order valence-corrected chi connectivity index (χ2v) is 13.8. The Morgan fingerprint density at radius 1 is 0.783 bits per heavy atom. The van der Waals surface area contributed by atoms with E-state index in [1.807, 2.05) is 30.3 Å². The van der Waals surface area contributed by atoms with Crippen LogP contribution >= 0.6 is 0 Å². The lowest BCUT2D eigenvalue weighted by molar-refractivity contribution is 0.0697. The molecule has 0 fully saturated rings. The lowest BCUT2D eigenvalue weighted by Gasteiger charge is -2.40. The predicted molar refractivity (Wildman–Crippen MR) is 190 cm³/mol. The Bertz CT molecular complexity index is 2040. The first-order valence-corrected chi connectivity index (χ1v) is 15.9. The summed E-state index contributed by atoms with van der Waals surface area (Å²) in [7, 11) is 3.51. The van der Waals surface area contributed by atoms with Gasteiger partial charge >= 0.3 is 5.97 Å². The second-order valence-electron chi connectivity index (χ2n) is 13.8. The molecule has 0 unspecified atom stereocenters. The van der Waals surface area contributed by atoms with Gasteiger partial charge in [0.15, 0.2) is 11.5 Å². The molecule has 0 radical (unpaired) electrons. The van der Waals surface area contributed by atoms with Crippen LogP contribution in [-0.4, -0.2) is 25.3 Å². The van der Waals surface area contributed by atoms with Crippen molar-refractivity contribution in [2.45, 2.75) is 52.9 Å². The number of aromatic carboxylic acids is 1. The van der Waals surface area contributed by atoms with E-state index in [9.17, 15) is 4.79 Å². The van der Waals surface area contributed by atoms with Crippen molar-refractivity contribution in [3.05, 3.63) is 125 Å². The molecule has 0 aromatic heterocycles. The van der Waals surface area contributed by atoms with Crippen LogP contribution in [0.25, 0.3) is 38.2 Å². The van der Waals surface area contributed by atoms with E-state index in [1.54, 1.807) is 31.9 Å². The first-order valence-electron chi connectivity index (χ1n) is 15.9. The van der Waals surface area contributed by atoms with Gasteiger partial charge in [-0.15, -0.1) is 0 Å². The third-order valence-corrected chi connectivity index (χ3v) is 9.46. The van der Waals surface area contributed by atoms with Crippen molar-refractivity contribution < 1.29 is 19.4 Å². The van der Waals surface area contributed by atoms with E-state index in [-0.39, 0.29) is 10.8 Å². The molecule has 0 aliphatic heterocycles. The number of benzene rings is 5. The summed E-state index contributed by atoms with van der Waals surface area (Å²) in [4.78, 5) is 10.6. The predicted octanol–water partition coefficient (Wildman–Crippen LogP) is 10.8. The fourth-order valence-electron chi connectivity index (χ4n) is 7.50. The highest BCUT2D eigenvalue weighted by Crippen LogP contribution is 2.55. The molecule has 0 saturated heterocycles. The van der Waals surface area contributed by atoms with Gasteiger partial charge < -0.3 is 14.6 Å². The summed E-state index contributed by atoms with van der Waals surface area (Å²) in [6.07, 6.45) is 6.90. The molecule has 1 N–H and O–H groups in total. The molecule has 0 spiro atoms. The summed E-state index contributed by atoms with van der Waals surface area (Å²) in [5, 5.41) is 13.2. The standard InChI is InChI=1S/C31H34O2.C11H8O2/c1-19-25(20-11-9-8-10-12-20)24-14-13-23-22-15-16-30(2,3)17-21(22)18-31(4,5)27(23)26(24)29(33-7)28(19)32-6;12-11(13)10-6-5-8-3-1-2-4-9(8)7-10/h8-16H,17-18H2,1-7H3;1-7H,(H,12,13). The van der Waals surface area contributed by atoms with Crippen molar-refractivity contribution in [3.8, 4) is 22.6 Å². The molecule has 46 heavy (non-hydrogen) atoms. The summed E-state index contributed by atoms with van der Waals surface area (Å²) >= 11 is 0. The van der Waals surface area contributed by atoms with Crippen molar-refractivity contribution in [1.29, 1.82) is 0 Å². The van der Waals surface area contributed by atoms with E-state index < -0.39 is 5.97 Å². The number of hydrogen-bond donors (Lipinski definition) is 1. The summed E-state index contributed by atoms with van der Waals surface area (Å²) < 4.78 is 12.1. The van der Waals surface area contributed by atoms with Crippen LogP contribution in [0.15, 0.2) is 103 Å². The largest absolute Gasteiger partial charge is 0.493 e. The molecular formula is C42H42O4. The van der Waals surface area contributed by atoms with Crippen molar-refractivity contribution in [1.82, 2.24) is 0 Å². The molecule has 0 heterocycles. The number of allylic oxidation sites excluding steroid dienone is 4. The van der Waals surface area contributed by atoms with Gasteiger partial charge in [0.25, 0.3) is 0 Å². The SMILES string of the molecule is COc1c(C)c(-c2ccccc2)c2ccc3c(c2c1OC)C(C)(C)CC1=C3C=CC(C)(C)C1.O=C(O)c1ccc2ccccc2c1. The van der Waals surface area contributed by atoms with E-state index >= 15 is 0 Å². The molecule has 5 aromatic carbocycles. The quantitative estimate of drug-likeness (QED) is 0.220. The Hall–Kier alpha value is -4.83. The molecule has 234 valence electrons. The van der Waals surface area contributed by atoms with E-state index in [0.717, 1.165) is 40.7 Å². The maximum atomic E-state index is 10.6. The van der Waals surface area contributed by atoms with Crippen LogP contribution < -0.4 is 9.47 Å². The molecule has 5 aromatic rings. The van der Waals surface area contributed by atoms with Crippen LogP contribution in [-0.2, 0) is 5.41 Å². The molecule has 2 aliphatic rings. The number of rotatable bonds is 4. The Balaban J connectivity index is 0.000000238. The van der Waals surface area contributed by atoms with Crippen LogP contribution in [0.5, 0.6) is 11.5 Å². The van der Waals surface area contributed by atoms with Gasteiger partial charge in [0.2, 0.25) is 0 Å². The van der Waals surface area contributed by atoms with Gasteiger partial charge in [0, 0.05) is 10.9 Å². The Morgan fingerprint density at radius 2 is 1.46 bits per heavy atom. The van der Waals surface area contributed by atoms with Gasteiger partial charge in [0.1, 0.15) is 0 Å². The minimum atomic E-state index is -0.884. The topological polar surface area (TPSA) is 55.8 Å². The lowest BCUT2D eigenvalue weighted by Crippen LogP contribution is -2.28. The average Bonchev–Trinajstić information content (AvgIpc) is 3.03. The van der Waals surface area contributed by atoms with E-state index in [2.05, 4.69) is 89.2 Å². The van der Waals surface area contributed by atoms with Crippen molar-refractivity contribution in [3.63, 3.8) is 0 Å². The van der Waals surface area contributed by atoms with Gasteiger partial charge in [-0.3, -0.25) is 0 Å². The van der Waals surface area contributed by atoms with E-state index in [0.29, 0.717) is 5.56 Å². The van der Waals surface area contributed by atoms with Crippen LogP contribution in [0.3, 0.4) is 0 Å². The smallest absolute Gasteiger partial charge is 0.335 e. The molecule has 0 saturated carbocycles. The highest BCUT2D eigenvalue weighted by molar-refractivity contribution is 6.08. The Kier molecular flexibility index (Phi) is 8.02. The molecular weight excluding hydrogens is 568 g/mol. The number of carboxylic acid groups (broad SMARTS) is 1. The van der Waals surface area contributed by atoms with Crippen molar-refractivity contribution in [2.24, 2.45) is 5.41 Å². The molecule has 4 nitrogen and oxygen atoms in total. The Labute approximate surface area is 272 Å². The zero-order valence-corrected chi connectivity index (χ0v) is 27.8. The molecule has 2 aliphatic carbocycles. The monoisotopic (exact) mass is 610 g/mol. The number of ether oxygens (including phenoxy) is 2. The third-order valence-electron chi connectivity index (χ3n) is 9.46. The molecule has 7 rings (SSSR count). The highest BCUT2D eigenvalue weighted by Gasteiger charge is 2.38. The number of hydrogen-bond acceptors (Lipinski definition) is 3. The maximum absolute atomic E-state index is 10.6. The molecule has 4 heteroatoms. The van der Waals surface area contributed by atoms with Gasteiger partial charge in [-0.25, -0.2) is 4.79 Å². The fourth-order valence-corrected chi connectivity index (χ4v) is 7.50. The number of fused-ring (bicyclic) bond motifs is 5. The number of methoxy groups -OCH3 is 2. The van der Waals surface area contributed by atoms with Crippen LogP contribution in [0, 0.1) is 12.3 Å². The molecule has 0 amide bonds. The number of carbonyl (C=O) groups is 1. The third kappa shape index (κ3) is 5.47. The van der Waals surface area contributed by atoms with E-state index in [1.165, 1.54) is 38.6 Å². The highest BCUT2D eigenvalue weighted by atomic mass is 16.5. The molecule has 0 atom stereocenters. The van der Waals surface area contributed by atoms with Crippen molar-refractivity contribution >= 4 is 33.1 Å². The van der Waals surface area contributed by atoms with Gasteiger partial charge in [-0.1, -0.05) is 118 Å². The maximum Gasteiger partial charge on any atom is 0.335 e. The average molecular weight is 611 g/mol. The Morgan fingerprint density at radius 3 is 2.13 bits per heavy atom. The van der Waals surface area contributed by atoms with Gasteiger partial charge in [-0.2, -0.15) is 0 Å². The molecule has 0 bridgehead atoms. The second kappa shape index (κ2) is 11.8. The summed E-state index contributed by atoms with van der Waals surface area (Å²) in [6, 6.07) is 28.1. The van der Waals surface area contributed by atoms with Gasteiger partial charge in [0.05, 0.1) is 19.8 Å². The zero-order valence-electron chi connectivity index (χ0n) is 27.8. The van der Waals surface area contributed by atoms with Crippen LogP contribution in [0.1, 0.15) is 67.6 Å². The summed E-state index contributed by atoms with van der Waals surface area (Å²) in [6.45, 7) is 11.6.